The first-order valence-corrected chi connectivity index (χ1v) is 8.58. The maximum Gasteiger partial charge on any atom is 0.121 e. The van der Waals surface area contributed by atoms with Crippen molar-refractivity contribution in [3.05, 3.63) is 23.2 Å². The van der Waals surface area contributed by atoms with Gasteiger partial charge in [0.25, 0.3) is 0 Å². The van der Waals surface area contributed by atoms with E-state index in [4.69, 9.17) is 9.72 Å². The molecule has 1 aliphatic rings. The molecule has 0 saturated carbocycles. The normalized spacial score (nSPS) is 17.3. The first-order valence-electron chi connectivity index (χ1n) is 7.76. The van der Waals surface area contributed by atoms with Crippen LogP contribution in [0.25, 0.3) is 10.2 Å². The van der Waals surface area contributed by atoms with E-state index in [2.05, 4.69) is 44.3 Å². The predicted octanol–water partition coefficient (Wildman–Crippen LogP) is 4.02. The van der Waals surface area contributed by atoms with Gasteiger partial charge < -0.3 is 10.1 Å². The number of thiazole rings is 1. The lowest BCUT2D eigenvalue weighted by Crippen LogP contribution is -2.34. The summed E-state index contributed by atoms with van der Waals surface area (Å²) in [6, 6.07) is 6.31. The maximum atomic E-state index is 6.11. The van der Waals surface area contributed by atoms with Crippen LogP contribution in [0.2, 0.25) is 0 Å². The Labute approximate surface area is 130 Å². The van der Waals surface area contributed by atoms with Crippen LogP contribution in [0, 0.1) is 5.41 Å². The molecule has 1 fully saturated rings. The highest BCUT2D eigenvalue weighted by Crippen LogP contribution is 2.31. The number of fused-ring (bicyclic) bond motifs is 1. The highest BCUT2D eigenvalue weighted by molar-refractivity contribution is 7.18. The molecule has 114 valence electrons. The molecule has 2 heterocycles. The van der Waals surface area contributed by atoms with Gasteiger partial charge in [0.05, 0.1) is 15.2 Å². The summed E-state index contributed by atoms with van der Waals surface area (Å²) < 4.78 is 7.35. The van der Waals surface area contributed by atoms with Crippen LogP contribution in [0.4, 0.5) is 0 Å². The Balaban J connectivity index is 1.76. The standard InChI is InChI=1S/C17H24N2OS/c1-17(2,3)11-16-19-14-5-4-13(10-15(14)21-16)20-12-6-8-18-9-7-12/h4-5,10,12,18H,6-9,11H2,1-3H3. The van der Waals surface area contributed by atoms with E-state index in [0.717, 1.165) is 43.6 Å². The minimum absolute atomic E-state index is 0.280. The molecule has 21 heavy (non-hydrogen) atoms. The summed E-state index contributed by atoms with van der Waals surface area (Å²) in [5.74, 6) is 0.986. The van der Waals surface area contributed by atoms with E-state index in [1.165, 1.54) is 9.71 Å². The van der Waals surface area contributed by atoms with Gasteiger partial charge in [0.15, 0.2) is 0 Å². The van der Waals surface area contributed by atoms with Gasteiger partial charge in [-0.25, -0.2) is 4.98 Å². The molecule has 2 aromatic rings. The van der Waals surface area contributed by atoms with Crippen LogP contribution in [0.15, 0.2) is 18.2 Å². The predicted molar refractivity (Wildman–Crippen MR) is 89.3 cm³/mol. The van der Waals surface area contributed by atoms with Crippen molar-refractivity contribution in [1.29, 1.82) is 0 Å². The zero-order valence-corrected chi connectivity index (χ0v) is 13.9. The highest BCUT2D eigenvalue weighted by atomic mass is 32.1. The van der Waals surface area contributed by atoms with Crippen LogP contribution >= 0.6 is 11.3 Å². The van der Waals surface area contributed by atoms with Crippen LogP contribution in [-0.2, 0) is 6.42 Å². The van der Waals surface area contributed by atoms with E-state index in [1.54, 1.807) is 11.3 Å². The molecule has 3 rings (SSSR count). The van der Waals surface area contributed by atoms with Gasteiger partial charge in [-0.05, 0) is 49.5 Å². The molecule has 0 bridgehead atoms. The second kappa shape index (κ2) is 5.93. The summed E-state index contributed by atoms with van der Waals surface area (Å²) in [5.41, 5.74) is 1.37. The van der Waals surface area contributed by atoms with Crippen LogP contribution in [0.3, 0.4) is 0 Å². The lowest BCUT2D eigenvalue weighted by Gasteiger charge is -2.23. The Morgan fingerprint density at radius 1 is 1.29 bits per heavy atom. The van der Waals surface area contributed by atoms with Crippen LogP contribution in [0.5, 0.6) is 5.75 Å². The van der Waals surface area contributed by atoms with Gasteiger partial charge in [0.2, 0.25) is 0 Å². The van der Waals surface area contributed by atoms with Crippen molar-refractivity contribution in [2.45, 2.75) is 46.1 Å². The lowest BCUT2D eigenvalue weighted by molar-refractivity contribution is 0.162. The highest BCUT2D eigenvalue weighted by Gasteiger charge is 2.17. The number of rotatable bonds is 3. The van der Waals surface area contributed by atoms with E-state index in [0.29, 0.717) is 6.10 Å². The molecule has 0 unspecified atom stereocenters. The Bertz CT molecular complexity index is 609. The topological polar surface area (TPSA) is 34.1 Å². The molecule has 4 heteroatoms. The summed E-state index contributed by atoms with van der Waals surface area (Å²) in [7, 11) is 0. The summed E-state index contributed by atoms with van der Waals surface area (Å²) in [6.07, 6.45) is 3.56. The molecular weight excluding hydrogens is 280 g/mol. The quantitative estimate of drug-likeness (QED) is 0.930. The molecule has 1 N–H and O–H groups in total. The fourth-order valence-corrected chi connectivity index (χ4v) is 3.96. The van der Waals surface area contributed by atoms with Crippen molar-refractivity contribution < 1.29 is 4.74 Å². The second-order valence-corrected chi connectivity index (χ2v) is 8.16. The minimum Gasteiger partial charge on any atom is -0.490 e. The molecule has 1 aromatic carbocycles. The maximum absolute atomic E-state index is 6.11. The number of hydrogen-bond acceptors (Lipinski definition) is 4. The smallest absolute Gasteiger partial charge is 0.121 e. The van der Waals surface area contributed by atoms with Crippen LogP contribution in [-0.4, -0.2) is 24.2 Å². The number of nitrogens with zero attached hydrogens (tertiary/aromatic N) is 1. The van der Waals surface area contributed by atoms with Crippen molar-refractivity contribution >= 4 is 21.6 Å². The van der Waals surface area contributed by atoms with Crippen LogP contribution < -0.4 is 10.1 Å². The van der Waals surface area contributed by atoms with Gasteiger partial charge >= 0.3 is 0 Å². The van der Waals surface area contributed by atoms with Crippen molar-refractivity contribution in [3.8, 4) is 5.75 Å². The van der Waals surface area contributed by atoms with E-state index in [9.17, 15) is 0 Å². The third kappa shape index (κ3) is 3.95. The fraction of sp³-hybridized carbons (Fsp3) is 0.588. The van der Waals surface area contributed by atoms with E-state index in [-0.39, 0.29) is 5.41 Å². The number of piperidine rings is 1. The fourth-order valence-electron chi connectivity index (χ4n) is 2.66. The number of nitrogens with one attached hydrogen (secondary N) is 1. The Morgan fingerprint density at radius 2 is 2.05 bits per heavy atom. The molecule has 0 aliphatic carbocycles. The first kappa shape index (κ1) is 14.8. The molecule has 3 nitrogen and oxygen atoms in total. The van der Waals surface area contributed by atoms with E-state index >= 15 is 0 Å². The van der Waals surface area contributed by atoms with Crippen molar-refractivity contribution in [3.63, 3.8) is 0 Å². The van der Waals surface area contributed by atoms with Gasteiger partial charge in [0.1, 0.15) is 11.9 Å². The largest absolute Gasteiger partial charge is 0.490 e. The van der Waals surface area contributed by atoms with Crippen molar-refractivity contribution in [2.24, 2.45) is 5.41 Å². The summed E-state index contributed by atoms with van der Waals surface area (Å²) >= 11 is 1.80. The van der Waals surface area contributed by atoms with Gasteiger partial charge in [-0.3, -0.25) is 0 Å². The summed E-state index contributed by atoms with van der Waals surface area (Å²) in [4.78, 5) is 4.74. The molecule has 1 aliphatic heterocycles. The zero-order valence-electron chi connectivity index (χ0n) is 13.1. The van der Waals surface area contributed by atoms with Gasteiger partial charge in [-0.1, -0.05) is 20.8 Å². The van der Waals surface area contributed by atoms with Gasteiger partial charge in [-0.2, -0.15) is 0 Å². The number of aromatic nitrogens is 1. The molecule has 0 atom stereocenters. The van der Waals surface area contributed by atoms with Crippen molar-refractivity contribution in [1.82, 2.24) is 10.3 Å². The molecule has 1 saturated heterocycles. The molecule has 0 amide bonds. The number of hydrogen-bond donors (Lipinski definition) is 1. The third-order valence-electron chi connectivity index (χ3n) is 3.67. The molecule has 0 radical (unpaired) electrons. The average molecular weight is 304 g/mol. The lowest BCUT2D eigenvalue weighted by atomic mass is 9.93. The first-order chi connectivity index (χ1) is 9.99. The Kier molecular flexibility index (Phi) is 4.18. The van der Waals surface area contributed by atoms with Crippen molar-refractivity contribution in [2.75, 3.05) is 13.1 Å². The molecule has 1 aromatic heterocycles. The minimum atomic E-state index is 0.280. The zero-order chi connectivity index (χ0) is 14.9. The van der Waals surface area contributed by atoms with Gasteiger partial charge in [0, 0.05) is 6.42 Å². The summed E-state index contributed by atoms with van der Waals surface area (Å²) in [5, 5.41) is 4.59. The number of ether oxygens (including phenoxy) is 1. The summed E-state index contributed by atoms with van der Waals surface area (Å²) in [6.45, 7) is 8.88. The third-order valence-corrected chi connectivity index (χ3v) is 4.69. The molecular formula is C17H24N2OS. The van der Waals surface area contributed by atoms with E-state index < -0.39 is 0 Å². The SMILES string of the molecule is CC(C)(C)Cc1nc2ccc(OC3CCNCC3)cc2s1. The van der Waals surface area contributed by atoms with Crippen LogP contribution in [0.1, 0.15) is 38.6 Å². The average Bonchev–Trinajstić information content (AvgIpc) is 2.79. The van der Waals surface area contributed by atoms with E-state index in [1.807, 2.05) is 0 Å². The number of benzene rings is 1. The monoisotopic (exact) mass is 304 g/mol. The second-order valence-electron chi connectivity index (χ2n) is 7.04. The van der Waals surface area contributed by atoms with Gasteiger partial charge in [-0.15, -0.1) is 11.3 Å². The Morgan fingerprint density at radius 3 is 2.76 bits per heavy atom. The molecule has 0 spiro atoms. The Hall–Kier alpha value is -1.13.